The number of anilines is 1. The largest absolute Gasteiger partial charge is 0.465 e. The number of likely N-dealkylation sites (tertiary alicyclic amines) is 1. The Balaban J connectivity index is 1.97. The minimum absolute atomic E-state index is 0.309. The van der Waals surface area contributed by atoms with Gasteiger partial charge in [0, 0.05) is 6.54 Å². The second-order valence-corrected chi connectivity index (χ2v) is 6.29. The Hall–Kier alpha value is -1.62. The number of ether oxygens (including phenoxy) is 1. The molecule has 1 fully saturated rings. The summed E-state index contributed by atoms with van der Waals surface area (Å²) in [6.07, 6.45) is 2.38. The maximum absolute atomic E-state index is 11.5. The van der Waals surface area contributed by atoms with E-state index >= 15 is 0 Å². The number of nitrogens with one attached hydrogen (secondary N) is 1. The number of methoxy groups -OCH3 is 1. The summed E-state index contributed by atoms with van der Waals surface area (Å²) in [6.45, 7) is 7.35. The number of aryl methyl sites for hydroxylation is 1. The summed E-state index contributed by atoms with van der Waals surface area (Å²) in [4.78, 5) is 18.4. The highest BCUT2D eigenvalue weighted by atomic mass is 16.5. The standard InChI is InChI=1S/C16H25N3O2/c1-12-13(15(20)21-4)5-6-14(18-12)17-11-16(2)7-9-19(3)10-8-16/h5-6H,7-11H2,1-4H3,(H,17,18). The molecule has 1 aliphatic rings. The van der Waals surface area contributed by atoms with Gasteiger partial charge >= 0.3 is 5.97 Å². The van der Waals surface area contributed by atoms with Crippen LogP contribution >= 0.6 is 0 Å². The first kappa shape index (κ1) is 15.8. The molecule has 0 bridgehead atoms. The lowest BCUT2D eigenvalue weighted by Crippen LogP contribution is -2.40. The van der Waals surface area contributed by atoms with E-state index in [-0.39, 0.29) is 5.97 Å². The van der Waals surface area contributed by atoms with Gasteiger partial charge in [0.05, 0.1) is 18.4 Å². The SMILES string of the molecule is COC(=O)c1ccc(NCC2(C)CCN(C)CC2)nc1C. The van der Waals surface area contributed by atoms with Crippen molar-refractivity contribution in [1.29, 1.82) is 0 Å². The smallest absolute Gasteiger partial charge is 0.339 e. The summed E-state index contributed by atoms with van der Waals surface area (Å²) in [5, 5.41) is 3.41. The predicted molar refractivity (Wildman–Crippen MR) is 83.6 cm³/mol. The van der Waals surface area contributed by atoms with E-state index in [1.165, 1.54) is 20.0 Å². The van der Waals surface area contributed by atoms with Crippen molar-refractivity contribution in [2.75, 3.05) is 39.1 Å². The molecule has 2 heterocycles. The van der Waals surface area contributed by atoms with E-state index in [1.807, 2.05) is 13.0 Å². The molecule has 116 valence electrons. The Morgan fingerprint density at radius 1 is 1.43 bits per heavy atom. The zero-order valence-corrected chi connectivity index (χ0v) is 13.4. The highest BCUT2D eigenvalue weighted by molar-refractivity contribution is 5.90. The number of rotatable bonds is 4. The van der Waals surface area contributed by atoms with E-state index in [1.54, 1.807) is 6.07 Å². The number of pyridine rings is 1. The molecule has 0 saturated carbocycles. The number of piperidine rings is 1. The van der Waals surface area contributed by atoms with Gasteiger partial charge in [0.25, 0.3) is 0 Å². The van der Waals surface area contributed by atoms with Crippen molar-refractivity contribution in [2.45, 2.75) is 26.7 Å². The van der Waals surface area contributed by atoms with E-state index in [0.717, 1.165) is 25.5 Å². The zero-order chi connectivity index (χ0) is 15.5. The minimum atomic E-state index is -0.339. The van der Waals surface area contributed by atoms with E-state index < -0.39 is 0 Å². The first-order valence-corrected chi connectivity index (χ1v) is 7.42. The van der Waals surface area contributed by atoms with Gasteiger partial charge in [0.15, 0.2) is 0 Å². The van der Waals surface area contributed by atoms with Gasteiger partial charge < -0.3 is 15.0 Å². The first-order chi connectivity index (χ1) is 9.93. The summed E-state index contributed by atoms with van der Waals surface area (Å²) in [7, 11) is 3.55. The highest BCUT2D eigenvalue weighted by Gasteiger charge is 2.28. The number of carbonyl (C=O) groups is 1. The molecule has 1 saturated heterocycles. The molecule has 1 aromatic rings. The van der Waals surface area contributed by atoms with Gasteiger partial charge in [-0.05, 0) is 57.5 Å². The second-order valence-electron chi connectivity index (χ2n) is 6.29. The number of nitrogens with zero attached hydrogens (tertiary/aromatic N) is 2. The molecule has 0 unspecified atom stereocenters. The third kappa shape index (κ3) is 3.94. The molecule has 5 heteroatoms. The Bertz CT molecular complexity index is 508. The molecule has 0 amide bonds. The molecule has 0 spiro atoms. The maximum Gasteiger partial charge on any atom is 0.339 e. The number of hydrogen-bond donors (Lipinski definition) is 1. The van der Waals surface area contributed by atoms with Gasteiger partial charge in [-0.1, -0.05) is 6.92 Å². The molecule has 21 heavy (non-hydrogen) atoms. The lowest BCUT2D eigenvalue weighted by molar-refractivity contribution is 0.0599. The lowest BCUT2D eigenvalue weighted by Gasteiger charge is -2.38. The molecule has 0 aromatic carbocycles. The molecule has 0 atom stereocenters. The maximum atomic E-state index is 11.5. The fraction of sp³-hybridized carbons (Fsp3) is 0.625. The van der Waals surface area contributed by atoms with Gasteiger partial charge in [0.2, 0.25) is 0 Å². The Morgan fingerprint density at radius 3 is 2.67 bits per heavy atom. The summed E-state index contributed by atoms with van der Waals surface area (Å²) in [5.74, 6) is 0.481. The van der Waals surface area contributed by atoms with Crippen LogP contribution in [0.1, 0.15) is 35.8 Å². The third-order valence-corrected chi connectivity index (χ3v) is 4.38. The van der Waals surface area contributed by atoms with Crippen LogP contribution in [-0.4, -0.2) is 49.6 Å². The number of esters is 1. The molecule has 0 aliphatic carbocycles. The topological polar surface area (TPSA) is 54.5 Å². The van der Waals surface area contributed by atoms with Gasteiger partial charge in [-0.25, -0.2) is 9.78 Å². The summed E-state index contributed by atoms with van der Waals surface area (Å²) >= 11 is 0. The van der Waals surface area contributed by atoms with Gasteiger partial charge in [-0.2, -0.15) is 0 Å². The van der Waals surface area contributed by atoms with Gasteiger partial charge in [0.1, 0.15) is 5.82 Å². The summed E-state index contributed by atoms with van der Waals surface area (Å²) < 4.78 is 4.73. The average Bonchev–Trinajstić information content (AvgIpc) is 2.48. The number of carbonyl (C=O) groups excluding carboxylic acids is 1. The van der Waals surface area contributed by atoms with Crippen molar-refractivity contribution in [3.05, 3.63) is 23.4 Å². The molecule has 1 aliphatic heterocycles. The zero-order valence-electron chi connectivity index (χ0n) is 13.4. The van der Waals surface area contributed by atoms with Crippen molar-refractivity contribution in [3.63, 3.8) is 0 Å². The van der Waals surface area contributed by atoms with Crippen LogP contribution < -0.4 is 5.32 Å². The molecule has 0 radical (unpaired) electrons. The van der Waals surface area contributed by atoms with E-state index in [2.05, 4.69) is 29.2 Å². The number of aromatic nitrogens is 1. The third-order valence-electron chi connectivity index (χ3n) is 4.38. The molecular weight excluding hydrogens is 266 g/mol. The quantitative estimate of drug-likeness (QED) is 0.863. The van der Waals surface area contributed by atoms with Crippen molar-refractivity contribution in [2.24, 2.45) is 5.41 Å². The summed E-state index contributed by atoms with van der Waals surface area (Å²) in [5.41, 5.74) is 1.53. The normalized spacial score (nSPS) is 18.3. The molecule has 1 aromatic heterocycles. The van der Waals surface area contributed by atoms with Crippen LogP contribution in [-0.2, 0) is 4.74 Å². The average molecular weight is 291 g/mol. The second kappa shape index (κ2) is 6.43. The van der Waals surface area contributed by atoms with Crippen molar-refractivity contribution < 1.29 is 9.53 Å². The van der Waals surface area contributed by atoms with Crippen LogP contribution in [0.2, 0.25) is 0 Å². The van der Waals surface area contributed by atoms with Crippen LogP contribution in [0.3, 0.4) is 0 Å². The Labute approximate surface area is 126 Å². The monoisotopic (exact) mass is 291 g/mol. The lowest BCUT2D eigenvalue weighted by atomic mass is 9.80. The van der Waals surface area contributed by atoms with Gasteiger partial charge in [-0.15, -0.1) is 0 Å². The predicted octanol–water partition coefficient (Wildman–Crippen LogP) is 2.32. The first-order valence-electron chi connectivity index (χ1n) is 7.42. The fourth-order valence-corrected chi connectivity index (χ4v) is 2.62. The van der Waals surface area contributed by atoms with Crippen molar-refractivity contribution in [1.82, 2.24) is 9.88 Å². The molecule has 2 rings (SSSR count). The molecule has 5 nitrogen and oxygen atoms in total. The minimum Gasteiger partial charge on any atom is -0.465 e. The van der Waals surface area contributed by atoms with Crippen LogP contribution in [0.5, 0.6) is 0 Å². The fourth-order valence-electron chi connectivity index (χ4n) is 2.62. The Kier molecular flexibility index (Phi) is 4.83. The van der Waals surface area contributed by atoms with E-state index in [9.17, 15) is 4.79 Å². The van der Waals surface area contributed by atoms with Gasteiger partial charge in [-0.3, -0.25) is 0 Å². The van der Waals surface area contributed by atoms with E-state index in [4.69, 9.17) is 4.74 Å². The molecular formula is C16H25N3O2. The van der Waals surface area contributed by atoms with Crippen LogP contribution in [0.15, 0.2) is 12.1 Å². The van der Waals surface area contributed by atoms with Crippen LogP contribution in [0.4, 0.5) is 5.82 Å². The highest BCUT2D eigenvalue weighted by Crippen LogP contribution is 2.30. The van der Waals surface area contributed by atoms with Crippen molar-refractivity contribution >= 4 is 11.8 Å². The van der Waals surface area contributed by atoms with Crippen LogP contribution in [0.25, 0.3) is 0 Å². The van der Waals surface area contributed by atoms with Crippen molar-refractivity contribution in [3.8, 4) is 0 Å². The summed E-state index contributed by atoms with van der Waals surface area (Å²) in [6, 6.07) is 3.62. The Morgan fingerprint density at radius 2 is 2.10 bits per heavy atom. The number of hydrogen-bond acceptors (Lipinski definition) is 5. The van der Waals surface area contributed by atoms with Crippen LogP contribution in [0, 0.1) is 12.3 Å². The molecule has 1 N–H and O–H groups in total. The van der Waals surface area contributed by atoms with E-state index in [0.29, 0.717) is 16.7 Å².